The van der Waals surface area contributed by atoms with E-state index in [1.54, 1.807) is 7.11 Å². The van der Waals surface area contributed by atoms with Crippen LogP contribution in [0.25, 0.3) is 0 Å². The maximum Gasteiger partial charge on any atom is 0.226 e. The Morgan fingerprint density at radius 3 is 2.36 bits per heavy atom. The first-order valence-electron chi connectivity index (χ1n) is 13.8. The molecule has 1 aliphatic rings. The van der Waals surface area contributed by atoms with Crippen LogP contribution in [0.15, 0.2) is 54.6 Å². The number of aliphatic hydroxyl groups excluding tert-OH is 1. The molecule has 0 bridgehead atoms. The minimum Gasteiger partial charge on any atom is -0.497 e. The lowest BCUT2D eigenvalue weighted by Gasteiger charge is -2.46. The van der Waals surface area contributed by atoms with Gasteiger partial charge in [-0.1, -0.05) is 65.0 Å². The Morgan fingerprint density at radius 2 is 1.77 bits per heavy atom. The lowest BCUT2D eigenvalue weighted by molar-refractivity contribution is -0.270. The van der Waals surface area contributed by atoms with Gasteiger partial charge in [0, 0.05) is 17.5 Å². The molecule has 1 saturated heterocycles. The van der Waals surface area contributed by atoms with Crippen molar-refractivity contribution >= 4 is 19.9 Å². The number of ether oxygens (including phenoxy) is 3. The van der Waals surface area contributed by atoms with Gasteiger partial charge < -0.3 is 29.1 Å². The van der Waals surface area contributed by atoms with Crippen molar-refractivity contribution in [3.8, 4) is 5.75 Å². The molecular formula is C31H47NO6Si. The van der Waals surface area contributed by atoms with E-state index >= 15 is 0 Å². The molecule has 8 heteroatoms. The van der Waals surface area contributed by atoms with Crippen molar-refractivity contribution in [3.05, 3.63) is 60.2 Å². The number of methoxy groups -OCH3 is 1. The first-order chi connectivity index (χ1) is 18.2. The third-order valence-electron chi connectivity index (χ3n) is 8.14. The fourth-order valence-corrected chi connectivity index (χ4v) is 5.83. The zero-order valence-corrected chi connectivity index (χ0v) is 25.8. The predicted octanol–water partition coefficient (Wildman–Crippen LogP) is 6.52. The van der Waals surface area contributed by atoms with Crippen LogP contribution >= 0.6 is 0 Å². The summed E-state index contributed by atoms with van der Waals surface area (Å²) in [5.74, 6) is 0.693. The second-order valence-corrected chi connectivity index (χ2v) is 17.4. The molecule has 3 rings (SSSR count). The highest BCUT2D eigenvalue weighted by atomic mass is 28.4. The van der Waals surface area contributed by atoms with Gasteiger partial charge in [0.2, 0.25) is 5.91 Å². The number of anilines is 1. The second-order valence-electron chi connectivity index (χ2n) is 12.7. The van der Waals surface area contributed by atoms with E-state index in [1.807, 2.05) is 68.4 Å². The van der Waals surface area contributed by atoms with Crippen LogP contribution in [-0.2, 0) is 25.3 Å². The summed E-state index contributed by atoms with van der Waals surface area (Å²) in [6.45, 7) is 15.3. The molecule has 1 fully saturated rings. The van der Waals surface area contributed by atoms with Gasteiger partial charge in [-0.15, -0.1) is 0 Å². The SMILES string of the molecule is COc1ccc(CO[C@H]2C[C@@H](C[C@H](CC(=O)Nc3ccccc3)O[Si](C)(C)C(C)(C)C)OC(O)C2(C)C)cc1. The van der Waals surface area contributed by atoms with Gasteiger partial charge in [-0.3, -0.25) is 4.79 Å². The van der Waals surface area contributed by atoms with Crippen molar-refractivity contribution in [3.63, 3.8) is 0 Å². The van der Waals surface area contributed by atoms with Crippen LogP contribution in [0.1, 0.15) is 59.4 Å². The van der Waals surface area contributed by atoms with Crippen molar-refractivity contribution < 1.29 is 28.5 Å². The Morgan fingerprint density at radius 1 is 1.13 bits per heavy atom. The largest absolute Gasteiger partial charge is 0.497 e. The van der Waals surface area contributed by atoms with Crippen molar-refractivity contribution in [1.29, 1.82) is 0 Å². The molecule has 1 heterocycles. The molecule has 0 spiro atoms. The molecular weight excluding hydrogens is 510 g/mol. The van der Waals surface area contributed by atoms with Gasteiger partial charge in [0.15, 0.2) is 14.6 Å². The average molecular weight is 558 g/mol. The number of benzene rings is 2. The summed E-state index contributed by atoms with van der Waals surface area (Å²) in [6.07, 6.45) is -0.604. The molecule has 2 N–H and O–H groups in total. The number of hydrogen-bond acceptors (Lipinski definition) is 6. The van der Waals surface area contributed by atoms with Crippen molar-refractivity contribution in [2.75, 3.05) is 12.4 Å². The van der Waals surface area contributed by atoms with Crippen LogP contribution in [0.3, 0.4) is 0 Å². The Kier molecular flexibility index (Phi) is 10.4. The van der Waals surface area contributed by atoms with Crippen molar-refractivity contribution in [2.45, 2.75) is 103 Å². The molecule has 1 amide bonds. The van der Waals surface area contributed by atoms with Crippen LogP contribution in [0, 0.1) is 5.41 Å². The fourth-order valence-electron chi connectivity index (χ4n) is 4.47. The maximum absolute atomic E-state index is 13.0. The molecule has 216 valence electrons. The van der Waals surface area contributed by atoms with E-state index in [2.05, 4.69) is 39.2 Å². The van der Waals surface area contributed by atoms with Crippen LogP contribution in [0.2, 0.25) is 18.1 Å². The van der Waals surface area contributed by atoms with Gasteiger partial charge in [-0.25, -0.2) is 0 Å². The zero-order valence-electron chi connectivity index (χ0n) is 24.8. The van der Waals surface area contributed by atoms with E-state index in [9.17, 15) is 9.90 Å². The van der Waals surface area contributed by atoms with Gasteiger partial charge in [-0.2, -0.15) is 0 Å². The van der Waals surface area contributed by atoms with E-state index < -0.39 is 20.0 Å². The molecule has 0 aromatic heterocycles. The van der Waals surface area contributed by atoms with E-state index in [-0.39, 0.29) is 35.7 Å². The molecule has 1 aliphatic heterocycles. The number of hydrogen-bond donors (Lipinski definition) is 2. The standard InChI is InChI=1S/C31H47NO6Si/c1-30(2,3)39(7,8)38-26(20-28(33)32-23-12-10-9-11-13-23)18-25-19-27(31(4,5)29(34)37-25)36-21-22-14-16-24(35-6)17-15-22/h9-17,25-27,29,34H,18-21H2,1-8H3,(H,32,33)/t25-,26-,27+,29?/m1/s1. The lowest BCUT2D eigenvalue weighted by Crippen LogP contribution is -2.52. The van der Waals surface area contributed by atoms with Crippen LogP contribution in [-0.4, -0.2) is 51.0 Å². The number of nitrogens with one attached hydrogen (secondary N) is 1. The normalized spacial score (nSPS) is 22.2. The van der Waals surface area contributed by atoms with E-state index in [4.69, 9.17) is 18.6 Å². The van der Waals surface area contributed by atoms with Crippen molar-refractivity contribution in [2.24, 2.45) is 5.41 Å². The van der Waals surface area contributed by atoms with E-state index in [0.29, 0.717) is 19.4 Å². The van der Waals surface area contributed by atoms with Gasteiger partial charge in [-0.05, 0) is 54.4 Å². The summed E-state index contributed by atoms with van der Waals surface area (Å²) in [6, 6.07) is 17.2. The maximum atomic E-state index is 13.0. The van der Waals surface area contributed by atoms with Crippen LogP contribution in [0.5, 0.6) is 5.75 Å². The fraction of sp³-hybridized carbons (Fsp3) is 0.581. The van der Waals surface area contributed by atoms with E-state index in [1.165, 1.54) is 0 Å². The highest BCUT2D eigenvalue weighted by molar-refractivity contribution is 6.74. The summed E-state index contributed by atoms with van der Waals surface area (Å²) < 4.78 is 24.5. The summed E-state index contributed by atoms with van der Waals surface area (Å²) in [5, 5.41) is 13.9. The summed E-state index contributed by atoms with van der Waals surface area (Å²) in [7, 11) is -0.537. The minimum atomic E-state index is -2.18. The first-order valence-corrected chi connectivity index (χ1v) is 16.7. The smallest absolute Gasteiger partial charge is 0.226 e. The monoisotopic (exact) mass is 557 g/mol. The molecule has 2 aromatic carbocycles. The van der Waals surface area contributed by atoms with Gasteiger partial charge >= 0.3 is 0 Å². The van der Waals surface area contributed by atoms with E-state index in [0.717, 1.165) is 17.0 Å². The molecule has 0 aliphatic carbocycles. The second kappa shape index (κ2) is 13.0. The van der Waals surface area contributed by atoms with Gasteiger partial charge in [0.25, 0.3) is 0 Å². The Balaban J connectivity index is 1.72. The number of para-hydroxylation sites is 1. The number of rotatable bonds is 11. The zero-order chi connectivity index (χ0) is 28.8. The molecule has 0 radical (unpaired) electrons. The number of amides is 1. The molecule has 39 heavy (non-hydrogen) atoms. The predicted molar refractivity (Wildman–Crippen MR) is 157 cm³/mol. The molecule has 4 atom stereocenters. The highest BCUT2D eigenvalue weighted by Gasteiger charge is 2.46. The Labute approximate surface area is 235 Å². The number of carbonyl (C=O) groups is 1. The first kappa shape index (κ1) is 31.3. The number of aliphatic hydroxyl groups is 1. The molecule has 7 nitrogen and oxygen atoms in total. The van der Waals surface area contributed by atoms with Crippen molar-refractivity contribution in [1.82, 2.24) is 0 Å². The van der Waals surface area contributed by atoms with Crippen LogP contribution in [0.4, 0.5) is 5.69 Å². The Bertz CT molecular complexity index is 1050. The third kappa shape index (κ3) is 8.62. The lowest BCUT2D eigenvalue weighted by atomic mass is 9.79. The minimum absolute atomic E-state index is 0.0138. The summed E-state index contributed by atoms with van der Waals surface area (Å²) in [4.78, 5) is 13.0. The average Bonchev–Trinajstić information content (AvgIpc) is 2.85. The summed E-state index contributed by atoms with van der Waals surface area (Å²) >= 11 is 0. The molecule has 2 aromatic rings. The summed E-state index contributed by atoms with van der Waals surface area (Å²) in [5.41, 5.74) is 1.19. The van der Waals surface area contributed by atoms with Gasteiger partial charge in [0.05, 0.1) is 38.4 Å². The Hall–Kier alpha value is -2.23. The number of carbonyl (C=O) groups excluding carboxylic acids is 1. The topological polar surface area (TPSA) is 86.3 Å². The third-order valence-corrected chi connectivity index (χ3v) is 12.7. The van der Waals surface area contributed by atoms with Gasteiger partial charge in [0.1, 0.15) is 5.75 Å². The highest BCUT2D eigenvalue weighted by Crippen LogP contribution is 2.41. The quantitative estimate of drug-likeness (QED) is 0.306. The molecule has 0 saturated carbocycles. The molecule has 1 unspecified atom stereocenters. The van der Waals surface area contributed by atoms with Crippen LogP contribution < -0.4 is 10.1 Å².